The minimum atomic E-state index is -1.01. The molecule has 1 aliphatic heterocycles. The van der Waals surface area contributed by atoms with Gasteiger partial charge in [0.2, 0.25) is 0 Å². The summed E-state index contributed by atoms with van der Waals surface area (Å²) in [5.41, 5.74) is -0.277. The van der Waals surface area contributed by atoms with Crippen LogP contribution in [0.2, 0.25) is 0 Å². The fourth-order valence-electron chi connectivity index (χ4n) is 2.02. The van der Waals surface area contributed by atoms with Crippen molar-refractivity contribution in [3.63, 3.8) is 0 Å². The van der Waals surface area contributed by atoms with E-state index < -0.39 is 23.4 Å². The summed E-state index contributed by atoms with van der Waals surface area (Å²) < 4.78 is 27.0. The van der Waals surface area contributed by atoms with Crippen LogP contribution in [0.15, 0.2) is 34.9 Å². The Morgan fingerprint density at radius 2 is 1.90 bits per heavy atom. The highest BCUT2D eigenvalue weighted by molar-refractivity contribution is 9.10. The number of amides is 2. The maximum Gasteiger partial charge on any atom is 0.284 e. The van der Waals surface area contributed by atoms with Crippen LogP contribution in [0.25, 0.3) is 0 Å². The molecule has 7 heteroatoms. The maximum absolute atomic E-state index is 13.9. The molecule has 0 saturated heterocycles. The number of hydrogen-bond acceptors (Lipinski definition) is 3. The monoisotopic (exact) mass is 338 g/mol. The summed E-state index contributed by atoms with van der Waals surface area (Å²) in [5.74, 6) is -3.25. The third kappa shape index (κ3) is 1.74. The van der Waals surface area contributed by atoms with Crippen LogP contribution >= 0.6 is 15.9 Å². The Balaban J connectivity index is 2.19. The summed E-state index contributed by atoms with van der Waals surface area (Å²) in [4.78, 5) is 28.8. The highest BCUT2D eigenvalue weighted by Crippen LogP contribution is 2.35. The van der Waals surface area contributed by atoms with Crippen molar-refractivity contribution in [3.8, 4) is 0 Å². The maximum atomic E-state index is 13.9. The van der Waals surface area contributed by atoms with Gasteiger partial charge in [0.15, 0.2) is 5.82 Å². The van der Waals surface area contributed by atoms with E-state index in [0.717, 1.165) is 6.07 Å². The molecule has 4 nitrogen and oxygen atoms in total. The first-order chi connectivity index (χ1) is 9.50. The molecule has 2 amide bonds. The Bertz CT molecular complexity index is 706. The first-order valence-corrected chi connectivity index (χ1v) is 6.28. The predicted octanol–water partition coefficient (Wildman–Crippen LogP) is 2.92. The van der Waals surface area contributed by atoms with Gasteiger partial charge in [0.25, 0.3) is 11.8 Å². The van der Waals surface area contributed by atoms with Gasteiger partial charge < -0.3 is 0 Å². The van der Waals surface area contributed by atoms with Crippen molar-refractivity contribution >= 4 is 33.4 Å². The molecule has 3 rings (SSSR count). The lowest BCUT2D eigenvalue weighted by atomic mass is 10.2. The molecule has 100 valence electrons. The standard InChI is InChI=1S/C13H5BrF2N2O2/c14-8-4-6(15)5-9(16)11(8)18-12(19)7-2-1-3-17-10(7)13(18)20/h1-5H. The Kier molecular flexibility index (Phi) is 2.86. The third-order valence-electron chi connectivity index (χ3n) is 2.85. The predicted molar refractivity (Wildman–Crippen MR) is 69.4 cm³/mol. The minimum Gasteiger partial charge on any atom is -0.268 e. The molecule has 0 saturated carbocycles. The van der Waals surface area contributed by atoms with Crippen molar-refractivity contribution < 1.29 is 18.4 Å². The van der Waals surface area contributed by atoms with Gasteiger partial charge in [0.05, 0.1) is 5.56 Å². The summed E-state index contributed by atoms with van der Waals surface area (Å²) >= 11 is 2.96. The van der Waals surface area contributed by atoms with Crippen LogP contribution in [0.4, 0.5) is 14.5 Å². The number of imide groups is 1. The van der Waals surface area contributed by atoms with Gasteiger partial charge in [-0.2, -0.15) is 0 Å². The Morgan fingerprint density at radius 3 is 2.55 bits per heavy atom. The number of nitrogens with zero attached hydrogens (tertiary/aromatic N) is 2. The fraction of sp³-hybridized carbons (Fsp3) is 0. The van der Waals surface area contributed by atoms with Crippen molar-refractivity contribution in [2.45, 2.75) is 0 Å². The molecule has 0 atom stereocenters. The highest BCUT2D eigenvalue weighted by Gasteiger charge is 2.40. The van der Waals surface area contributed by atoms with Crippen molar-refractivity contribution in [3.05, 3.63) is 57.8 Å². The van der Waals surface area contributed by atoms with Crippen molar-refractivity contribution in [2.75, 3.05) is 4.90 Å². The van der Waals surface area contributed by atoms with E-state index >= 15 is 0 Å². The van der Waals surface area contributed by atoms with Gasteiger partial charge in [-0.15, -0.1) is 0 Å². The Labute approximate surface area is 120 Å². The average Bonchev–Trinajstić information content (AvgIpc) is 2.64. The molecule has 0 N–H and O–H groups in total. The zero-order valence-corrected chi connectivity index (χ0v) is 11.3. The highest BCUT2D eigenvalue weighted by atomic mass is 79.9. The van der Waals surface area contributed by atoms with Gasteiger partial charge in [-0.3, -0.25) is 14.6 Å². The van der Waals surface area contributed by atoms with Crippen molar-refractivity contribution in [1.29, 1.82) is 0 Å². The van der Waals surface area contributed by atoms with Crippen LogP contribution in [-0.2, 0) is 0 Å². The van der Waals surface area contributed by atoms with E-state index in [4.69, 9.17) is 0 Å². The minimum absolute atomic E-state index is 0.0236. The summed E-state index contributed by atoms with van der Waals surface area (Å²) in [7, 11) is 0. The average molecular weight is 339 g/mol. The summed E-state index contributed by atoms with van der Waals surface area (Å²) in [6.07, 6.45) is 1.36. The first-order valence-electron chi connectivity index (χ1n) is 5.49. The van der Waals surface area contributed by atoms with Gasteiger partial charge in [0.1, 0.15) is 17.2 Å². The zero-order valence-electron chi connectivity index (χ0n) is 9.73. The molecular formula is C13H5BrF2N2O2. The smallest absolute Gasteiger partial charge is 0.268 e. The second-order valence-electron chi connectivity index (χ2n) is 4.06. The number of pyridine rings is 1. The normalized spacial score (nSPS) is 13.8. The number of benzene rings is 1. The fourth-order valence-corrected chi connectivity index (χ4v) is 2.60. The number of carbonyl (C=O) groups is 2. The number of halogens is 3. The van der Waals surface area contributed by atoms with Crippen LogP contribution in [0.5, 0.6) is 0 Å². The number of fused-ring (bicyclic) bond motifs is 1. The largest absolute Gasteiger partial charge is 0.284 e. The lowest BCUT2D eigenvalue weighted by Crippen LogP contribution is -2.30. The van der Waals surface area contributed by atoms with E-state index in [1.165, 1.54) is 18.3 Å². The van der Waals surface area contributed by atoms with E-state index in [1.807, 2.05) is 0 Å². The molecular weight excluding hydrogens is 334 g/mol. The molecule has 2 aromatic rings. The molecule has 0 spiro atoms. The van der Waals surface area contributed by atoms with Gasteiger partial charge in [-0.05, 0) is 34.1 Å². The second-order valence-corrected chi connectivity index (χ2v) is 4.92. The van der Waals surface area contributed by atoms with Gasteiger partial charge >= 0.3 is 0 Å². The molecule has 0 bridgehead atoms. The molecule has 1 aromatic carbocycles. The first kappa shape index (κ1) is 12.9. The molecule has 0 aliphatic carbocycles. The molecule has 0 fully saturated rings. The Hall–Kier alpha value is -2.15. The van der Waals surface area contributed by atoms with Crippen molar-refractivity contribution in [2.24, 2.45) is 0 Å². The topological polar surface area (TPSA) is 50.3 Å². The quantitative estimate of drug-likeness (QED) is 0.751. The molecule has 0 radical (unpaired) electrons. The molecule has 20 heavy (non-hydrogen) atoms. The summed E-state index contributed by atoms with van der Waals surface area (Å²) in [6, 6.07) is 4.52. The van der Waals surface area contributed by atoms with Gasteiger partial charge in [-0.25, -0.2) is 13.7 Å². The zero-order chi connectivity index (χ0) is 14.4. The van der Waals surface area contributed by atoms with E-state index in [-0.39, 0.29) is 21.4 Å². The van der Waals surface area contributed by atoms with Gasteiger partial charge in [0, 0.05) is 16.7 Å². The number of hydrogen-bond donors (Lipinski definition) is 0. The number of anilines is 1. The Morgan fingerprint density at radius 1 is 1.15 bits per heavy atom. The lowest BCUT2D eigenvalue weighted by Gasteiger charge is -2.16. The lowest BCUT2D eigenvalue weighted by molar-refractivity contribution is 0.0923. The third-order valence-corrected chi connectivity index (χ3v) is 3.46. The molecule has 2 heterocycles. The van der Waals surface area contributed by atoms with Crippen molar-refractivity contribution in [1.82, 2.24) is 4.98 Å². The molecule has 1 aliphatic rings. The van der Waals surface area contributed by atoms with Gasteiger partial charge in [-0.1, -0.05) is 0 Å². The number of carbonyl (C=O) groups excluding carboxylic acids is 2. The van der Waals surface area contributed by atoms with Crippen LogP contribution in [0, 0.1) is 11.6 Å². The summed E-state index contributed by atoms with van der Waals surface area (Å²) in [5, 5.41) is 0. The van der Waals surface area contributed by atoms with E-state index in [2.05, 4.69) is 20.9 Å². The van der Waals surface area contributed by atoms with E-state index in [0.29, 0.717) is 11.0 Å². The van der Waals surface area contributed by atoms with E-state index in [1.54, 1.807) is 0 Å². The summed E-state index contributed by atoms with van der Waals surface area (Å²) in [6.45, 7) is 0. The van der Waals surface area contributed by atoms with Crippen LogP contribution in [0.1, 0.15) is 20.8 Å². The van der Waals surface area contributed by atoms with Crippen LogP contribution in [0.3, 0.4) is 0 Å². The van der Waals surface area contributed by atoms with Crippen LogP contribution in [-0.4, -0.2) is 16.8 Å². The number of rotatable bonds is 1. The van der Waals surface area contributed by atoms with Crippen LogP contribution < -0.4 is 4.90 Å². The van der Waals surface area contributed by atoms with E-state index in [9.17, 15) is 18.4 Å². The molecule has 1 aromatic heterocycles. The number of aromatic nitrogens is 1. The second kappa shape index (κ2) is 4.45. The molecule has 0 unspecified atom stereocenters. The SMILES string of the molecule is O=C1c2cccnc2C(=O)N1c1c(F)cc(F)cc1Br.